The van der Waals surface area contributed by atoms with Crippen molar-refractivity contribution in [3.05, 3.63) is 35.4 Å². The molecule has 1 atom stereocenters. The maximum absolute atomic E-state index is 12.7. The molecule has 2 fully saturated rings. The fourth-order valence-corrected chi connectivity index (χ4v) is 4.41. The largest absolute Gasteiger partial charge is 0.385 e. The number of hydrogen-bond donors (Lipinski definition) is 1. The van der Waals surface area contributed by atoms with E-state index in [1.54, 1.807) is 0 Å². The molecular weight excluding hydrogens is 338 g/mol. The van der Waals surface area contributed by atoms with Crippen molar-refractivity contribution in [1.82, 2.24) is 14.7 Å². The Morgan fingerprint density at radius 3 is 2.33 bits per heavy atom. The quantitative estimate of drug-likeness (QED) is 0.860. The van der Waals surface area contributed by atoms with Crippen LogP contribution < -0.4 is 0 Å². The monoisotopic (exact) mass is 373 g/mol. The normalized spacial score (nSPS) is 22.6. The van der Waals surface area contributed by atoms with E-state index >= 15 is 0 Å². The van der Waals surface area contributed by atoms with Gasteiger partial charge in [-0.3, -0.25) is 14.6 Å². The number of benzene rings is 1. The highest BCUT2D eigenvalue weighted by Gasteiger charge is 2.35. The van der Waals surface area contributed by atoms with Gasteiger partial charge in [-0.25, -0.2) is 0 Å². The van der Waals surface area contributed by atoms with E-state index in [0.29, 0.717) is 25.4 Å². The minimum absolute atomic E-state index is 0.236. The van der Waals surface area contributed by atoms with Gasteiger partial charge in [0.2, 0.25) is 5.91 Å². The van der Waals surface area contributed by atoms with Gasteiger partial charge in [-0.1, -0.05) is 31.2 Å². The Morgan fingerprint density at radius 1 is 1.11 bits per heavy atom. The number of piperidine rings is 1. The van der Waals surface area contributed by atoms with Gasteiger partial charge in [0.1, 0.15) is 0 Å². The van der Waals surface area contributed by atoms with E-state index in [2.05, 4.69) is 36.6 Å². The Balaban J connectivity index is 1.48. The number of nitrogens with zero attached hydrogens (tertiary/aromatic N) is 3. The topological polar surface area (TPSA) is 47.0 Å². The Hall–Kier alpha value is -1.43. The fraction of sp³-hybridized carbons (Fsp3) is 0.682. The van der Waals surface area contributed by atoms with Crippen molar-refractivity contribution >= 4 is 5.91 Å². The van der Waals surface area contributed by atoms with Crippen LogP contribution in [0.4, 0.5) is 0 Å². The lowest BCUT2D eigenvalue weighted by Crippen LogP contribution is -2.54. The zero-order chi connectivity index (χ0) is 19.4. The third kappa shape index (κ3) is 4.71. The molecule has 27 heavy (non-hydrogen) atoms. The molecule has 3 rings (SSSR count). The van der Waals surface area contributed by atoms with Crippen LogP contribution in [0.2, 0.25) is 0 Å². The number of aryl methyl sites for hydroxylation is 1. The molecule has 1 N–H and O–H groups in total. The Morgan fingerprint density at radius 2 is 1.74 bits per heavy atom. The van der Waals surface area contributed by atoms with E-state index in [9.17, 15) is 9.90 Å². The van der Waals surface area contributed by atoms with Crippen molar-refractivity contribution in [2.45, 2.75) is 51.7 Å². The van der Waals surface area contributed by atoms with Crippen molar-refractivity contribution in [2.75, 3.05) is 45.8 Å². The number of carbonyl (C=O) groups is 1. The van der Waals surface area contributed by atoms with E-state index in [0.717, 1.165) is 56.8 Å². The zero-order valence-electron chi connectivity index (χ0n) is 17.2. The first-order valence-corrected chi connectivity index (χ1v) is 10.5. The molecule has 0 spiro atoms. The minimum atomic E-state index is -0.757. The van der Waals surface area contributed by atoms with Crippen LogP contribution in [-0.2, 0) is 10.4 Å². The van der Waals surface area contributed by atoms with Crippen LogP contribution >= 0.6 is 0 Å². The maximum atomic E-state index is 12.7. The number of piperazine rings is 1. The summed E-state index contributed by atoms with van der Waals surface area (Å²) in [5.41, 5.74) is 1.42. The molecule has 1 aromatic carbocycles. The van der Waals surface area contributed by atoms with Crippen molar-refractivity contribution < 1.29 is 9.90 Å². The predicted molar refractivity (Wildman–Crippen MR) is 109 cm³/mol. The van der Waals surface area contributed by atoms with Crippen molar-refractivity contribution in [3.8, 4) is 0 Å². The average Bonchev–Trinajstić information content (AvgIpc) is 2.69. The molecule has 0 saturated carbocycles. The first-order valence-electron chi connectivity index (χ1n) is 10.5. The van der Waals surface area contributed by atoms with Gasteiger partial charge in [0.05, 0.1) is 12.1 Å². The molecule has 5 nitrogen and oxygen atoms in total. The van der Waals surface area contributed by atoms with E-state index in [1.165, 1.54) is 0 Å². The van der Waals surface area contributed by atoms with E-state index in [1.807, 2.05) is 23.1 Å². The lowest BCUT2D eigenvalue weighted by Gasteiger charge is -2.41. The number of amides is 1. The fourth-order valence-electron chi connectivity index (χ4n) is 4.41. The standard InChI is InChI=1S/C22H35N3O2/c1-4-19(3)24-13-15-25(16-14-24)21(26)17-23-11-9-22(27,10-12-23)20-8-6-5-7-18(20)2/h5-8,19,27H,4,9-17H2,1-3H3. The number of aliphatic hydroxyl groups is 1. The van der Waals surface area contributed by atoms with Crippen LogP contribution in [0.5, 0.6) is 0 Å². The summed E-state index contributed by atoms with van der Waals surface area (Å²) in [6.45, 7) is 12.2. The average molecular weight is 374 g/mol. The van der Waals surface area contributed by atoms with Crippen LogP contribution in [0.3, 0.4) is 0 Å². The summed E-state index contributed by atoms with van der Waals surface area (Å²) in [4.78, 5) is 19.4. The molecule has 1 aromatic rings. The van der Waals surface area contributed by atoms with Gasteiger partial charge in [-0.05, 0) is 44.2 Å². The Kier molecular flexibility index (Phi) is 6.56. The van der Waals surface area contributed by atoms with Crippen LogP contribution in [0.25, 0.3) is 0 Å². The highest BCUT2D eigenvalue weighted by molar-refractivity contribution is 5.78. The number of carbonyl (C=O) groups excluding carboxylic acids is 1. The summed E-state index contributed by atoms with van der Waals surface area (Å²) in [7, 11) is 0. The molecule has 0 bridgehead atoms. The Labute approximate surface area is 163 Å². The molecular formula is C22H35N3O2. The van der Waals surface area contributed by atoms with Gasteiger partial charge in [-0.15, -0.1) is 0 Å². The van der Waals surface area contributed by atoms with E-state index in [-0.39, 0.29) is 5.91 Å². The third-order valence-electron chi connectivity index (χ3n) is 6.57. The van der Waals surface area contributed by atoms with Gasteiger partial charge in [0.15, 0.2) is 0 Å². The van der Waals surface area contributed by atoms with Gasteiger partial charge >= 0.3 is 0 Å². The van der Waals surface area contributed by atoms with Gasteiger partial charge in [-0.2, -0.15) is 0 Å². The van der Waals surface area contributed by atoms with Crippen molar-refractivity contribution in [1.29, 1.82) is 0 Å². The lowest BCUT2D eigenvalue weighted by molar-refractivity contribution is -0.135. The second-order valence-corrected chi connectivity index (χ2v) is 8.30. The Bertz CT molecular complexity index is 632. The summed E-state index contributed by atoms with van der Waals surface area (Å²) in [5, 5.41) is 11.1. The summed E-state index contributed by atoms with van der Waals surface area (Å²) in [6, 6.07) is 8.70. The molecule has 1 amide bonds. The first-order chi connectivity index (χ1) is 12.9. The molecule has 0 aromatic heterocycles. The summed E-state index contributed by atoms with van der Waals surface area (Å²) >= 11 is 0. The molecule has 0 radical (unpaired) electrons. The summed E-state index contributed by atoms with van der Waals surface area (Å²) in [5.74, 6) is 0.236. The predicted octanol–water partition coefficient (Wildman–Crippen LogP) is 2.22. The van der Waals surface area contributed by atoms with Crippen molar-refractivity contribution in [3.63, 3.8) is 0 Å². The van der Waals surface area contributed by atoms with E-state index in [4.69, 9.17) is 0 Å². The SMILES string of the molecule is CCC(C)N1CCN(C(=O)CN2CCC(O)(c3ccccc3C)CC2)CC1. The third-order valence-corrected chi connectivity index (χ3v) is 6.57. The molecule has 150 valence electrons. The molecule has 5 heteroatoms. The second-order valence-electron chi connectivity index (χ2n) is 8.30. The van der Waals surface area contributed by atoms with Crippen LogP contribution in [0, 0.1) is 6.92 Å². The molecule has 2 heterocycles. The molecule has 2 aliphatic rings. The number of rotatable bonds is 5. The molecule has 2 saturated heterocycles. The van der Waals surface area contributed by atoms with Crippen LogP contribution in [0.15, 0.2) is 24.3 Å². The molecule has 2 aliphatic heterocycles. The van der Waals surface area contributed by atoms with Gasteiger partial charge < -0.3 is 10.0 Å². The zero-order valence-corrected chi connectivity index (χ0v) is 17.2. The number of likely N-dealkylation sites (tertiary alicyclic amines) is 1. The highest BCUT2D eigenvalue weighted by atomic mass is 16.3. The lowest BCUT2D eigenvalue weighted by atomic mass is 9.82. The first kappa shape index (κ1) is 20.3. The molecule has 1 unspecified atom stereocenters. The number of hydrogen-bond acceptors (Lipinski definition) is 4. The van der Waals surface area contributed by atoms with Crippen LogP contribution in [-0.4, -0.2) is 77.6 Å². The van der Waals surface area contributed by atoms with Gasteiger partial charge in [0, 0.05) is 45.3 Å². The van der Waals surface area contributed by atoms with E-state index < -0.39 is 5.60 Å². The maximum Gasteiger partial charge on any atom is 0.236 e. The smallest absolute Gasteiger partial charge is 0.236 e. The summed E-state index contributed by atoms with van der Waals surface area (Å²) < 4.78 is 0. The van der Waals surface area contributed by atoms with Crippen molar-refractivity contribution in [2.24, 2.45) is 0 Å². The molecule has 0 aliphatic carbocycles. The van der Waals surface area contributed by atoms with Crippen LogP contribution in [0.1, 0.15) is 44.2 Å². The highest BCUT2D eigenvalue weighted by Crippen LogP contribution is 2.34. The second kappa shape index (κ2) is 8.72. The summed E-state index contributed by atoms with van der Waals surface area (Å²) in [6.07, 6.45) is 2.53. The van der Waals surface area contributed by atoms with Gasteiger partial charge in [0.25, 0.3) is 0 Å². The minimum Gasteiger partial charge on any atom is -0.385 e.